The summed E-state index contributed by atoms with van der Waals surface area (Å²) in [5.74, 6) is -0.343. The molecule has 2 aliphatic rings. The number of benzene rings is 1. The van der Waals surface area contributed by atoms with Gasteiger partial charge in [0.25, 0.3) is 0 Å². The van der Waals surface area contributed by atoms with Crippen molar-refractivity contribution in [3.05, 3.63) is 35.9 Å². The van der Waals surface area contributed by atoms with Crippen molar-refractivity contribution < 1.29 is 19.0 Å². The molecule has 27 heavy (non-hydrogen) atoms. The number of nitrogens with zero attached hydrogens (tertiary/aromatic N) is 1. The summed E-state index contributed by atoms with van der Waals surface area (Å²) in [6.45, 7) is 9.85. The van der Waals surface area contributed by atoms with Crippen LogP contribution in [-0.4, -0.2) is 55.2 Å². The fourth-order valence-corrected chi connectivity index (χ4v) is 3.67. The summed E-state index contributed by atoms with van der Waals surface area (Å²) in [6, 6.07) is 10.0. The molecule has 2 fully saturated rings. The monoisotopic (exact) mass is 376 g/mol. The number of piperidine rings is 1. The van der Waals surface area contributed by atoms with Crippen molar-refractivity contribution in [2.75, 3.05) is 32.8 Å². The topological polar surface area (TPSA) is 60.0 Å². The van der Waals surface area contributed by atoms with Crippen LogP contribution in [0.25, 0.3) is 0 Å². The quantitative estimate of drug-likeness (QED) is 0.852. The summed E-state index contributed by atoms with van der Waals surface area (Å²) >= 11 is 0. The Balaban J connectivity index is 1.55. The zero-order valence-electron chi connectivity index (χ0n) is 16.7. The summed E-state index contributed by atoms with van der Waals surface area (Å²) < 4.78 is 17.1. The molecule has 150 valence electrons. The molecule has 2 aliphatic heterocycles. The van der Waals surface area contributed by atoms with E-state index in [9.17, 15) is 4.79 Å². The number of amides is 1. The molecule has 0 saturated carbocycles. The highest BCUT2D eigenvalue weighted by molar-refractivity contribution is 5.68. The lowest BCUT2D eigenvalue weighted by Crippen LogP contribution is -2.46. The maximum Gasteiger partial charge on any atom is 0.408 e. The van der Waals surface area contributed by atoms with Gasteiger partial charge in [0.2, 0.25) is 0 Å². The molecular formula is C21H32N2O4. The van der Waals surface area contributed by atoms with Crippen molar-refractivity contribution in [2.24, 2.45) is 0 Å². The fourth-order valence-electron chi connectivity index (χ4n) is 3.67. The lowest BCUT2D eigenvalue weighted by Gasteiger charge is -2.38. The Morgan fingerprint density at radius 2 is 1.81 bits per heavy atom. The lowest BCUT2D eigenvalue weighted by atomic mass is 10.0. The Morgan fingerprint density at radius 3 is 2.41 bits per heavy atom. The van der Waals surface area contributed by atoms with Crippen molar-refractivity contribution in [1.82, 2.24) is 10.2 Å². The Morgan fingerprint density at radius 1 is 1.19 bits per heavy atom. The number of hydrogen-bond acceptors (Lipinski definition) is 5. The van der Waals surface area contributed by atoms with Gasteiger partial charge in [-0.2, -0.15) is 0 Å². The van der Waals surface area contributed by atoms with E-state index in [0.29, 0.717) is 13.2 Å². The second-order valence-electron chi connectivity index (χ2n) is 8.35. The largest absolute Gasteiger partial charge is 0.444 e. The maximum atomic E-state index is 12.3. The molecule has 0 radical (unpaired) electrons. The van der Waals surface area contributed by atoms with Crippen LogP contribution in [0.3, 0.4) is 0 Å². The normalized spacial score (nSPS) is 21.1. The third-order valence-electron chi connectivity index (χ3n) is 5.06. The average molecular weight is 376 g/mol. The predicted octanol–water partition coefficient (Wildman–Crippen LogP) is 3.48. The zero-order chi connectivity index (χ0) is 19.3. The van der Waals surface area contributed by atoms with Gasteiger partial charge in [0.05, 0.1) is 19.3 Å². The van der Waals surface area contributed by atoms with Gasteiger partial charge in [-0.1, -0.05) is 30.3 Å². The molecule has 0 bridgehead atoms. The molecule has 1 amide bonds. The van der Waals surface area contributed by atoms with Gasteiger partial charge >= 0.3 is 6.09 Å². The van der Waals surface area contributed by atoms with Crippen LogP contribution in [-0.2, 0) is 14.2 Å². The molecule has 0 aromatic heterocycles. The molecule has 1 unspecified atom stereocenters. The summed E-state index contributed by atoms with van der Waals surface area (Å²) in [5.41, 5.74) is 0.590. The number of rotatable bonds is 5. The van der Waals surface area contributed by atoms with E-state index in [0.717, 1.165) is 44.5 Å². The summed E-state index contributed by atoms with van der Waals surface area (Å²) in [7, 11) is 0. The molecule has 2 saturated heterocycles. The highest BCUT2D eigenvalue weighted by Gasteiger charge is 2.39. The average Bonchev–Trinajstić information content (AvgIpc) is 3.07. The van der Waals surface area contributed by atoms with E-state index in [1.54, 1.807) is 0 Å². The van der Waals surface area contributed by atoms with Crippen LogP contribution in [0, 0.1) is 0 Å². The lowest BCUT2D eigenvalue weighted by molar-refractivity contribution is -0.185. The van der Waals surface area contributed by atoms with Gasteiger partial charge in [-0.05, 0) is 32.8 Å². The van der Waals surface area contributed by atoms with Gasteiger partial charge in [0.1, 0.15) is 5.60 Å². The smallest absolute Gasteiger partial charge is 0.408 e. The van der Waals surface area contributed by atoms with Gasteiger partial charge in [-0.25, -0.2) is 4.79 Å². The molecule has 6 heteroatoms. The highest BCUT2D eigenvalue weighted by atomic mass is 16.7. The zero-order valence-corrected chi connectivity index (χ0v) is 16.7. The van der Waals surface area contributed by atoms with Crippen LogP contribution in [0.5, 0.6) is 0 Å². The molecule has 6 nitrogen and oxygen atoms in total. The summed E-state index contributed by atoms with van der Waals surface area (Å²) in [4.78, 5) is 14.7. The van der Waals surface area contributed by atoms with Crippen LogP contribution in [0.15, 0.2) is 30.3 Å². The van der Waals surface area contributed by atoms with E-state index < -0.39 is 5.60 Å². The van der Waals surface area contributed by atoms with E-state index >= 15 is 0 Å². The number of alkyl carbamates (subject to hydrolysis) is 1. The van der Waals surface area contributed by atoms with Crippen molar-refractivity contribution in [2.45, 2.75) is 57.5 Å². The fraction of sp³-hybridized carbons (Fsp3) is 0.667. The van der Waals surface area contributed by atoms with Crippen molar-refractivity contribution in [3.8, 4) is 0 Å². The van der Waals surface area contributed by atoms with Gasteiger partial charge < -0.3 is 24.4 Å². The number of ether oxygens (including phenoxy) is 3. The molecule has 3 rings (SSSR count). The third-order valence-corrected chi connectivity index (χ3v) is 5.06. The van der Waals surface area contributed by atoms with E-state index in [2.05, 4.69) is 10.2 Å². The molecule has 1 atom stereocenters. The van der Waals surface area contributed by atoms with Crippen LogP contribution in [0.4, 0.5) is 4.79 Å². The first kappa shape index (κ1) is 20.1. The molecule has 1 aromatic rings. The number of likely N-dealkylation sites (tertiary alicyclic amines) is 1. The number of hydrogen-bond donors (Lipinski definition) is 1. The van der Waals surface area contributed by atoms with E-state index in [1.807, 2.05) is 51.1 Å². The highest BCUT2D eigenvalue weighted by Crippen LogP contribution is 2.31. The Hall–Kier alpha value is -1.63. The minimum absolute atomic E-state index is 0.0732. The van der Waals surface area contributed by atoms with Crippen LogP contribution < -0.4 is 5.32 Å². The standard InChI is InChI=1S/C21H32N2O4/c1-20(2,3)27-19(24)22-18(17-7-5-4-6-8-17)9-12-23-13-10-21(11-14-23)25-15-16-26-21/h4-8,18H,9-16H2,1-3H3,(H,22,24). The Labute approximate surface area is 162 Å². The number of carbonyl (C=O) groups excluding carboxylic acids is 1. The molecule has 0 aliphatic carbocycles. The molecular weight excluding hydrogens is 344 g/mol. The number of carbonyl (C=O) groups is 1. The first-order chi connectivity index (χ1) is 12.9. The van der Waals surface area contributed by atoms with E-state index in [-0.39, 0.29) is 17.9 Å². The third kappa shape index (κ3) is 5.92. The van der Waals surface area contributed by atoms with Crippen LogP contribution in [0.1, 0.15) is 51.6 Å². The second kappa shape index (κ2) is 8.59. The van der Waals surface area contributed by atoms with E-state index in [4.69, 9.17) is 14.2 Å². The van der Waals surface area contributed by atoms with Gasteiger partial charge in [-0.15, -0.1) is 0 Å². The second-order valence-corrected chi connectivity index (χ2v) is 8.35. The predicted molar refractivity (Wildman–Crippen MR) is 103 cm³/mol. The van der Waals surface area contributed by atoms with Crippen molar-refractivity contribution in [1.29, 1.82) is 0 Å². The first-order valence-electron chi connectivity index (χ1n) is 9.90. The maximum absolute atomic E-state index is 12.3. The molecule has 2 heterocycles. The minimum Gasteiger partial charge on any atom is -0.444 e. The first-order valence-corrected chi connectivity index (χ1v) is 9.90. The molecule has 1 N–H and O–H groups in total. The summed E-state index contributed by atoms with van der Waals surface area (Å²) in [6.07, 6.45) is 2.27. The van der Waals surface area contributed by atoms with E-state index in [1.165, 1.54) is 0 Å². The van der Waals surface area contributed by atoms with Crippen LogP contribution in [0.2, 0.25) is 0 Å². The van der Waals surface area contributed by atoms with Gasteiger partial charge in [-0.3, -0.25) is 0 Å². The van der Waals surface area contributed by atoms with Gasteiger partial charge in [0, 0.05) is 32.5 Å². The molecule has 1 aromatic carbocycles. The van der Waals surface area contributed by atoms with Crippen molar-refractivity contribution in [3.63, 3.8) is 0 Å². The Kier molecular flexibility index (Phi) is 6.40. The Bertz CT molecular complexity index is 598. The minimum atomic E-state index is -0.506. The van der Waals surface area contributed by atoms with Gasteiger partial charge in [0.15, 0.2) is 5.79 Å². The molecule has 1 spiro atoms. The van der Waals surface area contributed by atoms with Crippen molar-refractivity contribution >= 4 is 6.09 Å². The summed E-state index contributed by atoms with van der Waals surface area (Å²) in [5, 5.41) is 3.04. The van der Waals surface area contributed by atoms with Crippen LogP contribution >= 0.6 is 0 Å². The SMILES string of the molecule is CC(C)(C)OC(=O)NC(CCN1CCC2(CC1)OCCO2)c1ccccc1. The number of nitrogens with one attached hydrogen (secondary N) is 1.